The van der Waals surface area contributed by atoms with Gasteiger partial charge in [0, 0.05) is 27.3 Å². The van der Waals surface area contributed by atoms with E-state index in [0.717, 1.165) is 5.56 Å². The van der Waals surface area contributed by atoms with Crippen LogP contribution in [0.1, 0.15) is 11.1 Å². The van der Waals surface area contributed by atoms with Gasteiger partial charge in [-0.3, -0.25) is 9.59 Å². The van der Waals surface area contributed by atoms with E-state index in [2.05, 4.69) is 5.32 Å². The van der Waals surface area contributed by atoms with Crippen LogP contribution in [0.25, 0.3) is 0 Å². The highest BCUT2D eigenvalue weighted by molar-refractivity contribution is 6.35. The van der Waals surface area contributed by atoms with Gasteiger partial charge in [-0.2, -0.15) is 0 Å². The smallest absolute Gasteiger partial charge is 0.250 e. The summed E-state index contributed by atoms with van der Waals surface area (Å²) in [6.45, 7) is 0.311. The molecule has 4 nitrogen and oxygen atoms in total. The first-order valence-electron chi connectivity index (χ1n) is 8.10. The van der Waals surface area contributed by atoms with Gasteiger partial charge in [-0.05, 0) is 35.4 Å². The molecule has 27 heavy (non-hydrogen) atoms. The van der Waals surface area contributed by atoms with E-state index in [0.29, 0.717) is 32.9 Å². The molecule has 0 aliphatic heterocycles. The van der Waals surface area contributed by atoms with Crippen LogP contribution in [0, 0.1) is 0 Å². The first-order chi connectivity index (χ1) is 12.9. The first kappa shape index (κ1) is 19.5. The number of carbonyl (C=O) groups is 1. The molecule has 1 heterocycles. The van der Waals surface area contributed by atoms with Crippen LogP contribution in [-0.4, -0.2) is 10.5 Å². The number of amides is 1. The maximum atomic E-state index is 12.3. The van der Waals surface area contributed by atoms with Gasteiger partial charge in [-0.1, -0.05) is 59.1 Å². The van der Waals surface area contributed by atoms with E-state index in [4.69, 9.17) is 34.8 Å². The molecule has 0 aliphatic carbocycles. The molecule has 0 saturated carbocycles. The summed E-state index contributed by atoms with van der Waals surface area (Å²) in [5, 5.41) is 4.30. The molecule has 3 rings (SSSR count). The molecule has 1 aromatic heterocycles. The molecule has 0 atom stereocenters. The predicted molar refractivity (Wildman–Crippen MR) is 110 cm³/mol. The average molecular weight is 422 g/mol. The second kappa shape index (κ2) is 8.61. The lowest BCUT2D eigenvalue weighted by Crippen LogP contribution is -2.22. The fourth-order valence-corrected chi connectivity index (χ4v) is 3.25. The van der Waals surface area contributed by atoms with Crippen molar-refractivity contribution in [1.82, 2.24) is 4.57 Å². The number of halogens is 3. The molecule has 0 fully saturated rings. The number of carbonyl (C=O) groups excluding carboxylic acids is 1. The Labute approximate surface area is 171 Å². The number of pyridine rings is 1. The summed E-state index contributed by atoms with van der Waals surface area (Å²) < 4.78 is 1.49. The zero-order valence-corrected chi connectivity index (χ0v) is 16.4. The van der Waals surface area contributed by atoms with Gasteiger partial charge in [-0.15, -0.1) is 0 Å². The minimum atomic E-state index is -0.248. The average Bonchev–Trinajstić information content (AvgIpc) is 2.62. The molecule has 0 unspecified atom stereocenters. The Morgan fingerprint density at radius 3 is 2.44 bits per heavy atom. The lowest BCUT2D eigenvalue weighted by molar-refractivity contribution is -0.115. The number of benzene rings is 2. The largest absolute Gasteiger partial charge is 0.324 e. The summed E-state index contributed by atoms with van der Waals surface area (Å²) in [5.74, 6) is -0.248. The molecular formula is C20H15Cl3N2O2. The predicted octanol–water partition coefficient (Wildman–Crippen LogP) is 5.04. The lowest BCUT2D eigenvalue weighted by atomic mass is 10.1. The van der Waals surface area contributed by atoms with Crippen molar-refractivity contribution in [2.24, 2.45) is 0 Å². The van der Waals surface area contributed by atoms with Crippen LogP contribution in [0.3, 0.4) is 0 Å². The molecule has 1 amide bonds. The van der Waals surface area contributed by atoms with Gasteiger partial charge in [-0.25, -0.2) is 0 Å². The number of rotatable bonds is 5. The highest BCUT2D eigenvalue weighted by Gasteiger charge is 2.09. The van der Waals surface area contributed by atoms with Crippen molar-refractivity contribution >= 4 is 46.4 Å². The monoisotopic (exact) mass is 420 g/mol. The van der Waals surface area contributed by atoms with Crippen LogP contribution < -0.4 is 10.9 Å². The number of hydrogen-bond donors (Lipinski definition) is 1. The minimum Gasteiger partial charge on any atom is -0.324 e. The molecule has 0 radical (unpaired) electrons. The second-order valence-electron chi connectivity index (χ2n) is 5.94. The summed E-state index contributed by atoms with van der Waals surface area (Å²) in [6.07, 6.45) is 1.69. The Morgan fingerprint density at radius 1 is 0.926 bits per heavy atom. The number of hydrogen-bond acceptors (Lipinski definition) is 2. The Balaban J connectivity index is 1.74. The molecule has 0 bridgehead atoms. The molecule has 7 heteroatoms. The van der Waals surface area contributed by atoms with Gasteiger partial charge in [0.05, 0.1) is 18.7 Å². The SMILES string of the molecule is O=C(Cc1ccc(Cl)cc1Cl)Nc1ccc(=O)n(Cc2ccccc2Cl)c1. The summed E-state index contributed by atoms with van der Waals surface area (Å²) >= 11 is 18.1. The first-order valence-corrected chi connectivity index (χ1v) is 9.23. The van der Waals surface area contributed by atoms with E-state index in [1.54, 1.807) is 36.5 Å². The van der Waals surface area contributed by atoms with E-state index in [1.165, 1.54) is 10.6 Å². The van der Waals surface area contributed by atoms with Gasteiger partial charge >= 0.3 is 0 Å². The highest BCUT2D eigenvalue weighted by atomic mass is 35.5. The fourth-order valence-electron chi connectivity index (χ4n) is 2.58. The zero-order valence-electron chi connectivity index (χ0n) is 14.1. The van der Waals surface area contributed by atoms with Crippen molar-refractivity contribution in [2.45, 2.75) is 13.0 Å². The van der Waals surface area contributed by atoms with Crippen LogP contribution >= 0.6 is 34.8 Å². The molecule has 2 aromatic carbocycles. The van der Waals surface area contributed by atoms with E-state index in [-0.39, 0.29) is 17.9 Å². The van der Waals surface area contributed by atoms with Crippen LogP contribution in [0.2, 0.25) is 15.1 Å². The Morgan fingerprint density at radius 2 is 1.70 bits per heavy atom. The quantitative estimate of drug-likeness (QED) is 0.627. The third-order valence-electron chi connectivity index (χ3n) is 3.93. The van der Waals surface area contributed by atoms with E-state index < -0.39 is 0 Å². The Hall–Kier alpha value is -2.27. The maximum Gasteiger partial charge on any atom is 0.250 e. The molecule has 0 spiro atoms. The van der Waals surface area contributed by atoms with Crippen LogP contribution in [-0.2, 0) is 17.8 Å². The van der Waals surface area contributed by atoms with Crippen LogP contribution in [0.5, 0.6) is 0 Å². The third kappa shape index (κ3) is 5.13. The van der Waals surface area contributed by atoms with Crippen molar-refractivity contribution in [3.8, 4) is 0 Å². The number of anilines is 1. The fraction of sp³-hybridized carbons (Fsp3) is 0.100. The third-order valence-corrected chi connectivity index (χ3v) is 4.89. The maximum absolute atomic E-state index is 12.3. The number of nitrogens with one attached hydrogen (secondary N) is 1. The summed E-state index contributed by atoms with van der Waals surface area (Å²) in [6, 6.07) is 15.2. The van der Waals surface area contributed by atoms with E-state index in [9.17, 15) is 9.59 Å². The molecule has 3 aromatic rings. The topological polar surface area (TPSA) is 51.1 Å². The van der Waals surface area contributed by atoms with Crippen molar-refractivity contribution in [3.05, 3.63) is 97.3 Å². The minimum absolute atomic E-state index is 0.0969. The molecule has 0 saturated heterocycles. The molecular weight excluding hydrogens is 407 g/mol. The lowest BCUT2D eigenvalue weighted by Gasteiger charge is -2.11. The van der Waals surface area contributed by atoms with Gasteiger partial charge < -0.3 is 9.88 Å². The van der Waals surface area contributed by atoms with Crippen molar-refractivity contribution in [1.29, 1.82) is 0 Å². The molecule has 138 valence electrons. The second-order valence-corrected chi connectivity index (χ2v) is 7.19. The standard InChI is InChI=1S/C20H15Cl3N2O2/c21-15-6-5-13(18(23)10-15)9-19(26)24-16-7-8-20(27)25(12-16)11-14-3-1-2-4-17(14)22/h1-8,10,12H,9,11H2,(H,24,26). The van der Waals surface area contributed by atoms with E-state index >= 15 is 0 Å². The summed E-state index contributed by atoms with van der Waals surface area (Å²) in [5.41, 5.74) is 1.81. The van der Waals surface area contributed by atoms with Crippen LogP contribution in [0.15, 0.2) is 65.6 Å². The normalized spacial score (nSPS) is 10.6. The van der Waals surface area contributed by atoms with Gasteiger partial charge in [0.15, 0.2) is 0 Å². The zero-order chi connectivity index (χ0) is 19.4. The van der Waals surface area contributed by atoms with Crippen molar-refractivity contribution in [3.63, 3.8) is 0 Å². The van der Waals surface area contributed by atoms with Gasteiger partial charge in [0.1, 0.15) is 0 Å². The Kier molecular flexibility index (Phi) is 6.22. The van der Waals surface area contributed by atoms with Gasteiger partial charge in [0.25, 0.3) is 5.56 Å². The highest BCUT2D eigenvalue weighted by Crippen LogP contribution is 2.22. The van der Waals surface area contributed by atoms with Crippen molar-refractivity contribution < 1.29 is 4.79 Å². The van der Waals surface area contributed by atoms with Crippen molar-refractivity contribution in [2.75, 3.05) is 5.32 Å². The summed E-state index contributed by atoms with van der Waals surface area (Å²) in [7, 11) is 0. The number of nitrogens with zero attached hydrogens (tertiary/aromatic N) is 1. The molecule has 1 N–H and O–H groups in total. The van der Waals surface area contributed by atoms with Gasteiger partial charge in [0.2, 0.25) is 5.91 Å². The Bertz CT molecular complexity index is 1050. The number of aromatic nitrogens is 1. The van der Waals surface area contributed by atoms with E-state index in [1.807, 2.05) is 18.2 Å². The van der Waals surface area contributed by atoms with Crippen LogP contribution in [0.4, 0.5) is 5.69 Å². The molecule has 0 aliphatic rings. The summed E-state index contributed by atoms with van der Waals surface area (Å²) in [4.78, 5) is 24.4.